The fourth-order valence-electron chi connectivity index (χ4n) is 4.41. The van der Waals surface area contributed by atoms with Gasteiger partial charge in [0.2, 0.25) is 11.9 Å². The molecule has 0 spiro atoms. The highest BCUT2D eigenvalue weighted by molar-refractivity contribution is 5.78. The number of anilines is 5. The van der Waals surface area contributed by atoms with Crippen molar-refractivity contribution in [3.05, 3.63) is 72.2 Å². The number of nitrogens with zero attached hydrogens (tertiary/aromatic N) is 6. The van der Waals surface area contributed by atoms with Crippen molar-refractivity contribution in [1.82, 2.24) is 35.6 Å². The van der Waals surface area contributed by atoms with Crippen LogP contribution >= 0.6 is 0 Å². The first kappa shape index (κ1) is 27.9. The maximum atomic E-state index is 12.6. The highest BCUT2D eigenvalue weighted by Gasteiger charge is 2.14. The van der Waals surface area contributed by atoms with Crippen LogP contribution in [0.3, 0.4) is 0 Å². The molecular formula is C30H36N10O. The number of amides is 1. The maximum Gasteiger partial charge on any atom is 0.229 e. The number of rotatable bonds is 10. The van der Waals surface area contributed by atoms with E-state index in [1.165, 1.54) is 5.69 Å². The molecule has 0 bridgehead atoms. The lowest BCUT2D eigenvalue weighted by molar-refractivity contribution is -0.120. The van der Waals surface area contributed by atoms with E-state index in [0.29, 0.717) is 47.3 Å². The second-order valence-corrected chi connectivity index (χ2v) is 10.4. The first-order valence-corrected chi connectivity index (χ1v) is 13.9. The molecule has 3 aromatic heterocycles. The monoisotopic (exact) mass is 552 g/mol. The molecule has 0 aliphatic carbocycles. The van der Waals surface area contributed by atoms with Gasteiger partial charge in [0.05, 0.1) is 12.1 Å². The Balaban J connectivity index is 1.33. The van der Waals surface area contributed by atoms with Crippen LogP contribution in [-0.4, -0.2) is 63.6 Å². The molecule has 11 nitrogen and oxygen atoms in total. The van der Waals surface area contributed by atoms with Crippen molar-refractivity contribution in [2.24, 2.45) is 5.92 Å². The summed E-state index contributed by atoms with van der Waals surface area (Å²) in [5.74, 6) is 2.21. The van der Waals surface area contributed by atoms with Gasteiger partial charge in [-0.05, 0) is 55.3 Å². The molecule has 4 aromatic rings. The molecule has 41 heavy (non-hydrogen) atoms. The second kappa shape index (κ2) is 13.1. The van der Waals surface area contributed by atoms with Gasteiger partial charge in [-0.2, -0.15) is 4.98 Å². The Morgan fingerprint density at radius 3 is 2.51 bits per heavy atom. The van der Waals surface area contributed by atoms with Crippen LogP contribution in [0, 0.1) is 12.8 Å². The molecule has 5 rings (SSSR count). The van der Waals surface area contributed by atoms with Gasteiger partial charge in [-0.1, -0.05) is 19.9 Å². The highest BCUT2D eigenvalue weighted by Crippen LogP contribution is 2.23. The summed E-state index contributed by atoms with van der Waals surface area (Å²) in [6.45, 7) is 10.6. The normalized spacial score (nSPS) is 13.2. The van der Waals surface area contributed by atoms with Crippen LogP contribution in [-0.2, 0) is 11.2 Å². The van der Waals surface area contributed by atoms with Crippen LogP contribution in [0.25, 0.3) is 11.5 Å². The summed E-state index contributed by atoms with van der Waals surface area (Å²) >= 11 is 0. The number of aryl methyl sites for hydroxylation is 1. The van der Waals surface area contributed by atoms with E-state index in [9.17, 15) is 4.79 Å². The van der Waals surface area contributed by atoms with Gasteiger partial charge in [0.25, 0.3) is 0 Å². The molecule has 1 amide bonds. The Bertz CT molecular complexity index is 1470. The predicted molar refractivity (Wildman–Crippen MR) is 162 cm³/mol. The lowest BCUT2D eigenvalue weighted by Gasteiger charge is -2.29. The van der Waals surface area contributed by atoms with Gasteiger partial charge in [0.1, 0.15) is 17.3 Å². The van der Waals surface area contributed by atoms with Crippen molar-refractivity contribution >= 4 is 34.9 Å². The van der Waals surface area contributed by atoms with Crippen LogP contribution in [0.15, 0.2) is 60.8 Å². The van der Waals surface area contributed by atoms with Crippen molar-refractivity contribution in [2.75, 3.05) is 48.3 Å². The average molecular weight is 553 g/mol. The topological polar surface area (TPSA) is 133 Å². The molecule has 4 N–H and O–H groups in total. The number of hydrogen-bond acceptors (Lipinski definition) is 10. The number of piperazine rings is 1. The Labute approximate surface area is 240 Å². The number of carbonyl (C=O) groups is 1. The zero-order valence-corrected chi connectivity index (χ0v) is 23.7. The summed E-state index contributed by atoms with van der Waals surface area (Å²) in [4.78, 5) is 37.8. The SMILES string of the molecule is Cc1cccc(-c2nc(CC(=O)NCC(C)C)cc(Nc3ccnc(Nc4ccc(N5CCNCC5)cc4)n3)n2)n1. The summed E-state index contributed by atoms with van der Waals surface area (Å²) in [6.07, 6.45) is 1.81. The van der Waals surface area contributed by atoms with Crippen LogP contribution in [0.4, 0.5) is 29.0 Å². The molecule has 1 aromatic carbocycles. The van der Waals surface area contributed by atoms with E-state index in [1.807, 2.05) is 37.3 Å². The number of nitrogens with one attached hydrogen (secondary N) is 4. The molecule has 0 radical (unpaired) electrons. The zero-order chi connectivity index (χ0) is 28.6. The molecule has 0 atom stereocenters. The standard InChI is InChI=1S/C30H36N10O/c1-20(2)19-33-28(41)18-23-17-27(38-29(35-23)25-6-4-5-21(3)34-25)37-26-11-12-32-30(39-26)36-22-7-9-24(10-8-22)40-15-13-31-14-16-40/h4-12,17,20,31H,13-16,18-19H2,1-3H3,(H,33,41)(H2,32,35,36,37,38,39). The summed E-state index contributed by atoms with van der Waals surface area (Å²) in [6, 6.07) is 17.5. The number of carbonyl (C=O) groups excluding carboxylic acids is 1. The van der Waals surface area contributed by atoms with E-state index in [1.54, 1.807) is 18.3 Å². The second-order valence-electron chi connectivity index (χ2n) is 10.4. The third kappa shape index (κ3) is 7.95. The zero-order valence-electron chi connectivity index (χ0n) is 23.7. The van der Waals surface area contributed by atoms with Crippen molar-refractivity contribution in [1.29, 1.82) is 0 Å². The smallest absolute Gasteiger partial charge is 0.229 e. The fourth-order valence-corrected chi connectivity index (χ4v) is 4.41. The van der Waals surface area contributed by atoms with E-state index in [4.69, 9.17) is 0 Å². The fraction of sp³-hybridized carbons (Fsp3) is 0.333. The molecule has 0 unspecified atom stereocenters. The molecule has 11 heteroatoms. The highest BCUT2D eigenvalue weighted by atomic mass is 16.1. The summed E-state index contributed by atoms with van der Waals surface area (Å²) < 4.78 is 0. The van der Waals surface area contributed by atoms with E-state index < -0.39 is 0 Å². The van der Waals surface area contributed by atoms with Crippen molar-refractivity contribution < 1.29 is 4.79 Å². The maximum absolute atomic E-state index is 12.6. The lowest BCUT2D eigenvalue weighted by Crippen LogP contribution is -2.43. The Kier molecular flexibility index (Phi) is 8.95. The molecule has 0 saturated carbocycles. The Morgan fingerprint density at radius 1 is 0.951 bits per heavy atom. The van der Waals surface area contributed by atoms with Crippen LogP contribution in [0.5, 0.6) is 0 Å². The van der Waals surface area contributed by atoms with Gasteiger partial charge in [0, 0.05) is 62.1 Å². The van der Waals surface area contributed by atoms with Crippen LogP contribution in [0.1, 0.15) is 25.2 Å². The van der Waals surface area contributed by atoms with Crippen molar-refractivity contribution in [2.45, 2.75) is 27.2 Å². The first-order valence-electron chi connectivity index (χ1n) is 13.9. The Morgan fingerprint density at radius 2 is 1.76 bits per heavy atom. The quantitative estimate of drug-likeness (QED) is 0.230. The van der Waals surface area contributed by atoms with Gasteiger partial charge >= 0.3 is 0 Å². The minimum absolute atomic E-state index is 0.0944. The molecular weight excluding hydrogens is 516 g/mol. The van der Waals surface area contributed by atoms with E-state index in [0.717, 1.165) is 37.6 Å². The molecule has 1 fully saturated rings. The predicted octanol–water partition coefficient (Wildman–Crippen LogP) is 3.85. The molecule has 4 heterocycles. The number of hydrogen-bond donors (Lipinski definition) is 4. The van der Waals surface area contributed by atoms with Crippen molar-refractivity contribution in [3.8, 4) is 11.5 Å². The van der Waals surface area contributed by atoms with Gasteiger partial charge < -0.3 is 26.2 Å². The summed E-state index contributed by atoms with van der Waals surface area (Å²) in [7, 11) is 0. The Hall–Kier alpha value is -4.64. The molecule has 212 valence electrons. The van der Waals surface area contributed by atoms with Gasteiger partial charge in [-0.3, -0.25) is 4.79 Å². The summed E-state index contributed by atoms with van der Waals surface area (Å²) in [5, 5.41) is 12.9. The van der Waals surface area contributed by atoms with Crippen LogP contribution < -0.4 is 26.2 Å². The molecule has 1 aliphatic heterocycles. The van der Waals surface area contributed by atoms with Gasteiger partial charge in [0.15, 0.2) is 5.82 Å². The largest absolute Gasteiger partial charge is 0.369 e. The van der Waals surface area contributed by atoms with Crippen LogP contribution in [0.2, 0.25) is 0 Å². The number of pyridine rings is 1. The average Bonchev–Trinajstić information content (AvgIpc) is 2.97. The van der Waals surface area contributed by atoms with Gasteiger partial charge in [-0.15, -0.1) is 0 Å². The third-order valence-electron chi connectivity index (χ3n) is 6.46. The molecule has 1 saturated heterocycles. The molecule has 1 aliphatic rings. The minimum atomic E-state index is -0.0944. The number of benzene rings is 1. The van der Waals surface area contributed by atoms with E-state index in [-0.39, 0.29) is 12.3 Å². The minimum Gasteiger partial charge on any atom is -0.369 e. The van der Waals surface area contributed by atoms with E-state index >= 15 is 0 Å². The summed E-state index contributed by atoms with van der Waals surface area (Å²) in [5.41, 5.74) is 4.16. The van der Waals surface area contributed by atoms with E-state index in [2.05, 4.69) is 77.1 Å². The first-order chi connectivity index (χ1) is 19.9. The third-order valence-corrected chi connectivity index (χ3v) is 6.46. The van der Waals surface area contributed by atoms with Gasteiger partial charge in [-0.25, -0.2) is 19.9 Å². The number of aromatic nitrogens is 5. The van der Waals surface area contributed by atoms with Crippen molar-refractivity contribution in [3.63, 3.8) is 0 Å². The lowest BCUT2D eigenvalue weighted by atomic mass is 10.2.